The smallest absolute Gasteiger partial charge is 0.351 e. The predicted molar refractivity (Wildman–Crippen MR) is 129 cm³/mol. The maximum Gasteiger partial charge on any atom is 0.416 e. The second-order valence-electron chi connectivity index (χ2n) is 8.15. The summed E-state index contributed by atoms with van der Waals surface area (Å²) in [6.45, 7) is -0.0215. The SMILES string of the molecule is FC(F)(F)c1ccc(-c2noc(COC(c3ccccc3)(c3ccccc3)c3ccccc3)n2)cc1. The molecule has 0 fully saturated rings. The molecule has 0 saturated carbocycles. The molecule has 5 rings (SSSR count). The molecule has 0 N–H and O–H groups in total. The van der Waals surface area contributed by atoms with Gasteiger partial charge in [-0.1, -0.05) is 108 Å². The number of aromatic nitrogens is 2. The van der Waals surface area contributed by atoms with Gasteiger partial charge in [0.05, 0.1) is 5.56 Å². The fourth-order valence-electron chi connectivity index (χ4n) is 4.18. The molecule has 4 aromatic carbocycles. The molecular weight excluding hydrogens is 465 g/mol. The molecule has 0 spiro atoms. The Morgan fingerprint density at radius 3 is 1.53 bits per heavy atom. The summed E-state index contributed by atoms with van der Waals surface area (Å²) in [6.07, 6.45) is -4.41. The average molecular weight is 486 g/mol. The molecule has 0 unspecified atom stereocenters. The average Bonchev–Trinajstić information content (AvgIpc) is 3.40. The number of nitrogens with zero attached hydrogens (tertiary/aromatic N) is 2. The van der Waals surface area contributed by atoms with Crippen LogP contribution in [0.5, 0.6) is 0 Å². The third-order valence-corrected chi connectivity index (χ3v) is 5.89. The van der Waals surface area contributed by atoms with Crippen LogP contribution in [0.1, 0.15) is 28.1 Å². The lowest BCUT2D eigenvalue weighted by atomic mass is 9.80. The third kappa shape index (κ3) is 4.65. The van der Waals surface area contributed by atoms with E-state index in [2.05, 4.69) is 10.1 Å². The van der Waals surface area contributed by atoms with Crippen molar-refractivity contribution in [2.45, 2.75) is 18.4 Å². The number of hydrogen-bond donors (Lipinski definition) is 0. The van der Waals surface area contributed by atoms with Gasteiger partial charge in [-0.05, 0) is 28.8 Å². The highest BCUT2D eigenvalue weighted by Gasteiger charge is 2.38. The van der Waals surface area contributed by atoms with Crippen molar-refractivity contribution in [2.75, 3.05) is 0 Å². The van der Waals surface area contributed by atoms with Crippen LogP contribution >= 0.6 is 0 Å². The molecule has 0 radical (unpaired) electrons. The van der Waals surface area contributed by atoms with Crippen LogP contribution in [0.3, 0.4) is 0 Å². The molecule has 0 aliphatic carbocycles. The lowest BCUT2D eigenvalue weighted by molar-refractivity contribution is -0.137. The maximum absolute atomic E-state index is 12.9. The highest BCUT2D eigenvalue weighted by molar-refractivity contribution is 5.55. The second kappa shape index (κ2) is 9.79. The molecule has 180 valence electrons. The minimum Gasteiger partial charge on any atom is -0.351 e. The second-order valence-corrected chi connectivity index (χ2v) is 8.15. The van der Waals surface area contributed by atoms with Gasteiger partial charge in [-0.25, -0.2) is 0 Å². The minimum absolute atomic E-state index is 0.0215. The Balaban J connectivity index is 1.50. The summed E-state index contributed by atoms with van der Waals surface area (Å²) >= 11 is 0. The first kappa shape index (κ1) is 23.5. The van der Waals surface area contributed by atoms with Crippen molar-refractivity contribution in [3.63, 3.8) is 0 Å². The maximum atomic E-state index is 12.9. The van der Waals surface area contributed by atoms with Gasteiger partial charge in [0, 0.05) is 5.56 Å². The van der Waals surface area contributed by atoms with Crippen LogP contribution in [0.2, 0.25) is 0 Å². The predicted octanol–water partition coefficient (Wildman–Crippen LogP) is 7.26. The molecular formula is C29H21F3N2O2. The van der Waals surface area contributed by atoms with Crippen LogP contribution in [0.25, 0.3) is 11.4 Å². The van der Waals surface area contributed by atoms with Crippen LogP contribution in [0, 0.1) is 0 Å². The Morgan fingerprint density at radius 2 is 1.08 bits per heavy atom. The zero-order valence-corrected chi connectivity index (χ0v) is 19.0. The van der Waals surface area contributed by atoms with Gasteiger partial charge in [0.1, 0.15) is 12.2 Å². The molecule has 5 aromatic rings. The van der Waals surface area contributed by atoms with Gasteiger partial charge in [0.15, 0.2) is 0 Å². The van der Waals surface area contributed by atoms with E-state index in [4.69, 9.17) is 9.26 Å². The Labute approximate surface area is 206 Å². The van der Waals surface area contributed by atoms with Gasteiger partial charge < -0.3 is 9.26 Å². The summed E-state index contributed by atoms with van der Waals surface area (Å²) in [5.41, 5.74) is 1.47. The number of benzene rings is 4. The van der Waals surface area contributed by atoms with Gasteiger partial charge in [-0.2, -0.15) is 18.2 Å². The van der Waals surface area contributed by atoms with Crippen molar-refractivity contribution in [2.24, 2.45) is 0 Å². The summed E-state index contributed by atoms with van der Waals surface area (Å²) in [5.74, 6) is 0.393. The van der Waals surface area contributed by atoms with Crippen LogP contribution in [-0.2, 0) is 23.1 Å². The fourth-order valence-corrected chi connectivity index (χ4v) is 4.18. The fraction of sp³-hybridized carbons (Fsp3) is 0.103. The van der Waals surface area contributed by atoms with Crippen LogP contribution in [0.15, 0.2) is 120 Å². The normalized spacial score (nSPS) is 12.0. The van der Waals surface area contributed by atoms with Crippen LogP contribution in [0.4, 0.5) is 13.2 Å². The van der Waals surface area contributed by atoms with Gasteiger partial charge in [-0.15, -0.1) is 0 Å². The highest BCUT2D eigenvalue weighted by Crippen LogP contribution is 2.41. The van der Waals surface area contributed by atoms with Crippen molar-refractivity contribution in [3.8, 4) is 11.4 Å². The van der Waals surface area contributed by atoms with E-state index in [-0.39, 0.29) is 18.3 Å². The number of rotatable bonds is 7. The molecule has 0 aliphatic heterocycles. The van der Waals surface area contributed by atoms with E-state index in [1.54, 1.807) is 0 Å². The van der Waals surface area contributed by atoms with Crippen LogP contribution < -0.4 is 0 Å². The van der Waals surface area contributed by atoms with Crippen molar-refractivity contribution in [1.82, 2.24) is 10.1 Å². The monoisotopic (exact) mass is 486 g/mol. The topological polar surface area (TPSA) is 48.2 Å². The summed E-state index contributed by atoms with van der Waals surface area (Å²) in [4.78, 5) is 4.37. The third-order valence-electron chi connectivity index (χ3n) is 5.89. The van der Waals surface area contributed by atoms with E-state index >= 15 is 0 Å². The molecule has 0 bridgehead atoms. The molecule has 4 nitrogen and oxygen atoms in total. The Bertz CT molecular complexity index is 1310. The summed E-state index contributed by atoms with van der Waals surface area (Å²) in [5, 5.41) is 3.95. The Morgan fingerprint density at radius 1 is 0.611 bits per heavy atom. The molecule has 7 heteroatoms. The quantitative estimate of drug-likeness (QED) is 0.227. The van der Waals surface area contributed by atoms with Gasteiger partial charge in [-0.3, -0.25) is 0 Å². The molecule has 36 heavy (non-hydrogen) atoms. The zero-order chi connectivity index (χ0) is 25.0. The van der Waals surface area contributed by atoms with E-state index in [1.807, 2.05) is 91.0 Å². The van der Waals surface area contributed by atoms with Crippen LogP contribution in [-0.4, -0.2) is 10.1 Å². The van der Waals surface area contributed by atoms with E-state index in [0.717, 1.165) is 28.8 Å². The molecule has 0 aliphatic rings. The van der Waals surface area contributed by atoms with E-state index < -0.39 is 17.3 Å². The van der Waals surface area contributed by atoms with Crippen molar-refractivity contribution >= 4 is 0 Å². The first-order valence-electron chi connectivity index (χ1n) is 11.3. The van der Waals surface area contributed by atoms with Gasteiger partial charge in [0.2, 0.25) is 5.82 Å². The van der Waals surface area contributed by atoms with Crippen molar-refractivity contribution < 1.29 is 22.4 Å². The minimum atomic E-state index is -4.41. The highest BCUT2D eigenvalue weighted by atomic mass is 19.4. The van der Waals surface area contributed by atoms with Gasteiger partial charge >= 0.3 is 6.18 Å². The molecule has 0 amide bonds. The van der Waals surface area contributed by atoms with Gasteiger partial charge in [0.25, 0.3) is 5.89 Å². The molecule has 1 aromatic heterocycles. The Kier molecular flexibility index (Phi) is 6.40. The van der Waals surface area contributed by atoms with E-state index in [9.17, 15) is 13.2 Å². The lowest BCUT2D eigenvalue weighted by Gasteiger charge is -2.35. The lowest BCUT2D eigenvalue weighted by Crippen LogP contribution is -2.32. The number of halogens is 3. The number of hydrogen-bond acceptors (Lipinski definition) is 4. The van der Waals surface area contributed by atoms with E-state index in [0.29, 0.717) is 5.56 Å². The molecule has 0 saturated heterocycles. The largest absolute Gasteiger partial charge is 0.416 e. The zero-order valence-electron chi connectivity index (χ0n) is 19.0. The first-order chi connectivity index (χ1) is 17.5. The van der Waals surface area contributed by atoms with Crippen molar-refractivity contribution in [3.05, 3.63) is 143 Å². The summed E-state index contributed by atoms with van der Waals surface area (Å²) < 4.78 is 50.7. The molecule has 0 atom stereocenters. The standard InChI is InChI=1S/C29H21F3N2O2/c30-29(31,32)25-18-16-21(17-19-25)27-33-26(36-34-27)20-35-28(22-10-4-1-5-11-22,23-12-6-2-7-13-23)24-14-8-3-9-15-24/h1-19H,20H2. The Hall–Kier alpha value is -4.23. The van der Waals surface area contributed by atoms with E-state index in [1.165, 1.54) is 12.1 Å². The summed E-state index contributed by atoms with van der Waals surface area (Å²) in [7, 11) is 0. The number of alkyl halides is 3. The summed E-state index contributed by atoms with van der Waals surface area (Å²) in [6, 6.07) is 34.2. The van der Waals surface area contributed by atoms with Crippen molar-refractivity contribution in [1.29, 1.82) is 0 Å². The number of ether oxygens (including phenoxy) is 1. The molecule has 1 heterocycles. The first-order valence-corrected chi connectivity index (χ1v) is 11.3.